The van der Waals surface area contributed by atoms with Crippen molar-refractivity contribution in [3.63, 3.8) is 0 Å². The summed E-state index contributed by atoms with van der Waals surface area (Å²) in [6.45, 7) is 0.377. The fraction of sp³-hybridized carbons (Fsp3) is 0.667. The Balaban J connectivity index is 0.00000242. The summed E-state index contributed by atoms with van der Waals surface area (Å²) in [5.41, 5.74) is 0.120. The predicted molar refractivity (Wildman–Crippen MR) is 99.9 cm³/mol. The molecule has 0 saturated heterocycles. The zero-order chi connectivity index (χ0) is 15.1. The monoisotopic (exact) mass is 443 g/mol. The van der Waals surface area contributed by atoms with Crippen LogP contribution in [0.15, 0.2) is 22.5 Å². The fourth-order valence-electron chi connectivity index (χ4n) is 2.97. The third kappa shape index (κ3) is 5.33. The van der Waals surface area contributed by atoms with Crippen molar-refractivity contribution in [1.82, 2.24) is 10.6 Å². The van der Waals surface area contributed by atoms with Crippen LogP contribution in [0, 0.1) is 0 Å². The quantitative estimate of drug-likeness (QED) is 0.410. The molecule has 0 amide bonds. The molecule has 1 saturated carbocycles. The van der Waals surface area contributed by atoms with Gasteiger partial charge in [-0.05, 0) is 24.3 Å². The lowest BCUT2D eigenvalue weighted by molar-refractivity contribution is 0.152. The van der Waals surface area contributed by atoms with Crippen molar-refractivity contribution < 1.29 is 8.78 Å². The molecule has 0 spiro atoms. The molecular formula is C15H24F2IN3S. The summed E-state index contributed by atoms with van der Waals surface area (Å²) in [7, 11) is 1.61. The molecule has 2 N–H and O–H groups in total. The van der Waals surface area contributed by atoms with Crippen LogP contribution in [-0.2, 0) is 5.41 Å². The van der Waals surface area contributed by atoms with Crippen molar-refractivity contribution >= 4 is 41.3 Å². The minimum Gasteiger partial charge on any atom is -0.355 e. The van der Waals surface area contributed by atoms with E-state index in [9.17, 15) is 8.78 Å². The summed E-state index contributed by atoms with van der Waals surface area (Å²) in [5, 5.41) is 8.01. The van der Waals surface area contributed by atoms with Crippen LogP contribution in [0.4, 0.5) is 8.78 Å². The number of hydrogen-bond acceptors (Lipinski definition) is 2. The van der Waals surface area contributed by atoms with Gasteiger partial charge in [0.25, 0.3) is 6.43 Å². The van der Waals surface area contributed by atoms with Gasteiger partial charge in [0.05, 0.1) is 6.54 Å². The van der Waals surface area contributed by atoms with Crippen LogP contribution in [0.25, 0.3) is 0 Å². The van der Waals surface area contributed by atoms with Crippen molar-refractivity contribution in [2.75, 3.05) is 20.1 Å². The number of alkyl halides is 2. The maximum Gasteiger partial charge on any atom is 0.255 e. The van der Waals surface area contributed by atoms with Crippen LogP contribution < -0.4 is 10.6 Å². The van der Waals surface area contributed by atoms with Gasteiger partial charge in [0.1, 0.15) is 0 Å². The van der Waals surface area contributed by atoms with E-state index in [0.29, 0.717) is 5.96 Å². The Morgan fingerprint density at radius 1 is 1.32 bits per heavy atom. The van der Waals surface area contributed by atoms with Crippen LogP contribution in [0.2, 0.25) is 0 Å². The number of aliphatic imine (C=N–C) groups is 1. The first-order valence-corrected chi connectivity index (χ1v) is 8.31. The van der Waals surface area contributed by atoms with E-state index >= 15 is 0 Å². The normalized spacial score (nSPS) is 17.9. The van der Waals surface area contributed by atoms with Gasteiger partial charge in [0.15, 0.2) is 5.96 Å². The average Bonchev–Trinajstić information content (AvgIpc) is 3.03. The molecule has 0 atom stereocenters. The third-order valence-electron chi connectivity index (χ3n) is 4.10. The smallest absolute Gasteiger partial charge is 0.255 e. The number of rotatable bonds is 5. The Bertz CT molecular complexity index is 446. The number of hydrogen-bond donors (Lipinski definition) is 2. The molecule has 1 aromatic rings. The van der Waals surface area contributed by atoms with Crippen molar-refractivity contribution in [2.45, 2.75) is 43.9 Å². The van der Waals surface area contributed by atoms with Gasteiger partial charge in [0.2, 0.25) is 0 Å². The molecule has 1 heterocycles. The Hall–Kier alpha value is -0.440. The second-order valence-corrected chi connectivity index (χ2v) is 6.46. The van der Waals surface area contributed by atoms with Crippen LogP contribution in [-0.4, -0.2) is 32.5 Å². The molecule has 3 nitrogen and oxygen atoms in total. The zero-order valence-corrected chi connectivity index (χ0v) is 15.9. The van der Waals surface area contributed by atoms with Crippen molar-refractivity contribution in [3.05, 3.63) is 22.4 Å². The van der Waals surface area contributed by atoms with Crippen molar-refractivity contribution in [3.8, 4) is 0 Å². The standard InChI is InChI=1S/C15H23F2N3S.HI/c1-18-14(19-10-13(16)17)20-11-15(7-3-2-4-8-15)12-6-5-9-21-12;/h5-6,9,13H,2-4,7-8,10-11H2,1H3,(H2,18,19,20);1H. The summed E-state index contributed by atoms with van der Waals surface area (Å²) < 4.78 is 24.6. The summed E-state index contributed by atoms with van der Waals surface area (Å²) in [4.78, 5) is 5.41. The molecule has 0 aromatic carbocycles. The number of nitrogens with zero attached hydrogens (tertiary/aromatic N) is 1. The minimum absolute atomic E-state index is 0. The zero-order valence-electron chi connectivity index (χ0n) is 12.8. The van der Waals surface area contributed by atoms with Crippen molar-refractivity contribution in [1.29, 1.82) is 0 Å². The van der Waals surface area contributed by atoms with Gasteiger partial charge in [-0.25, -0.2) is 8.78 Å². The van der Waals surface area contributed by atoms with E-state index < -0.39 is 6.43 Å². The van der Waals surface area contributed by atoms with Crippen molar-refractivity contribution in [2.24, 2.45) is 4.99 Å². The molecule has 1 aromatic heterocycles. The van der Waals surface area contributed by atoms with Gasteiger partial charge >= 0.3 is 0 Å². The molecule has 0 unspecified atom stereocenters. The minimum atomic E-state index is -2.37. The maximum absolute atomic E-state index is 12.3. The number of thiophene rings is 1. The Morgan fingerprint density at radius 2 is 2.05 bits per heavy atom. The third-order valence-corrected chi connectivity index (χ3v) is 5.21. The van der Waals surface area contributed by atoms with E-state index in [1.54, 1.807) is 18.4 Å². The van der Waals surface area contributed by atoms with E-state index in [4.69, 9.17) is 0 Å². The van der Waals surface area contributed by atoms with Gasteiger partial charge in [-0.15, -0.1) is 35.3 Å². The Kier molecular flexibility index (Phi) is 8.59. The molecule has 0 aliphatic heterocycles. The lowest BCUT2D eigenvalue weighted by Gasteiger charge is -2.37. The van der Waals surface area contributed by atoms with E-state index in [1.165, 1.54) is 24.1 Å². The molecule has 1 fully saturated rings. The summed E-state index contributed by atoms with van der Waals surface area (Å²) in [6.07, 6.45) is 3.65. The lowest BCUT2D eigenvalue weighted by Crippen LogP contribution is -2.47. The lowest BCUT2D eigenvalue weighted by atomic mass is 9.73. The molecular weight excluding hydrogens is 419 g/mol. The Morgan fingerprint density at radius 3 is 2.59 bits per heavy atom. The van der Waals surface area contributed by atoms with Crippen LogP contribution in [0.3, 0.4) is 0 Å². The summed E-state index contributed by atoms with van der Waals surface area (Å²) in [6, 6.07) is 4.27. The Labute approximate surface area is 152 Å². The first-order chi connectivity index (χ1) is 10.2. The van der Waals surface area contributed by atoms with Gasteiger partial charge in [-0.1, -0.05) is 25.3 Å². The fourth-order valence-corrected chi connectivity index (χ4v) is 3.95. The molecule has 1 aliphatic carbocycles. The summed E-state index contributed by atoms with van der Waals surface area (Å²) >= 11 is 1.79. The predicted octanol–water partition coefficient (Wildman–Crippen LogP) is 4.00. The highest BCUT2D eigenvalue weighted by Crippen LogP contribution is 2.40. The first-order valence-electron chi connectivity index (χ1n) is 7.43. The number of halogens is 3. The second-order valence-electron chi connectivity index (χ2n) is 5.52. The van der Waals surface area contributed by atoms with Crippen LogP contribution in [0.1, 0.15) is 37.0 Å². The van der Waals surface area contributed by atoms with Gasteiger partial charge in [-0.3, -0.25) is 4.99 Å². The SMILES string of the molecule is CN=C(NCC(F)F)NCC1(c2cccs2)CCCCC1.I. The molecule has 22 heavy (non-hydrogen) atoms. The van der Waals surface area contributed by atoms with Crippen LogP contribution in [0.5, 0.6) is 0 Å². The largest absolute Gasteiger partial charge is 0.355 e. The number of nitrogens with one attached hydrogen (secondary N) is 2. The average molecular weight is 443 g/mol. The van der Waals surface area contributed by atoms with E-state index in [0.717, 1.165) is 19.4 Å². The highest BCUT2D eigenvalue weighted by Gasteiger charge is 2.34. The molecule has 126 valence electrons. The number of guanidine groups is 1. The van der Waals surface area contributed by atoms with Gasteiger partial charge in [0, 0.05) is 23.9 Å². The van der Waals surface area contributed by atoms with Gasteiger partial charge < -0.3 is 10.6 Å². The highest BCUT2D eigenvalue weighted by molar-refractivity contribution is 14.0. The van der Waals surface area contributed by atoms with Crippen LogP contribution >= 0.6 is 35.3 Å². The van der Waals surface area contributed by atoms with E-state index in [-0.39, 0.29) is 35.9 Å². The molecule has 2 rings (SSSR count). The molecule has 0 radical (unpaired) electrons. The second kappa shape index (κ2) is 9.64. The van der Waals surface area contributed by atoms with E-state index in [1.807, 2.05) is 0 Å². The molecule has 0 bridgehead atoms. The van der Waals surface area contributed by atoms with Gasteiger partial charge in [-0.2, -0.15) is 0 Å². The maximum atomic E-state index is 12.3. The summed E-state index contributed by atoms with van der Waals surface area (Å²) in [5.74, 6) is 0.455. The first kappa shape index (κ1) is 19.6. The molecule has 7 heteroatoms. The highest BCUT2D eigenvalue weighted by atomic mass is 127. The van der Waals surface area contributed by atoms with E-state index in [2.05, 4.69) is 33.1 Å². The molecule has 1 aliphatic rings. The topological polar surface area (TPSA) is 36.4 Å².